The molecule has 1 aromatic carbocycles. The fraction of sp³-hybridized carbons (Fsp3) is 0.292. The van der Waals surface area contributed by atoms with Gasteiger partial charge in [0.15, 0.2) is 0 Å². The predicted octanol–water partition coefficient (Wildman–Crippen LogP) is 3.04. The zero-order valence-corrected chi connectivity index (χ0v) is 17.6. The summed E-state index contributed by atoms with van der Waals surface area (Å²) in [5.41, 5.74) is 3.27. The largest absolute Gasteiger partial charge is 0.357 e. The first-order chi connectivity index (χ1) is 15.5. The highest BCUT2D eigenvalue weighted by Gasteiger charge is 2.19. The van der Waals surface area contributed by atoms with Gasteiger partial charge in [-0.1, -0.05) is 18.2 Å². The molecule has 0 aliphatic carbocycles. The van der Waals surface area contributed by atoms with Crippen molar-refractivity contribution < 1.29 is 9.18 Å². The molecule has 1 amide bonds. The third-order valence-electron chi connectivity index (χ3n) is 5.91. The summed E-state index contributed by atoms with van der Waals surface area (Å²) in [7, 11) is 0. The van der Waals surface area contributed by atoms with Crippen LogP contribution in [0.2, 0.25) is 0 Å². The van der Waals surface area contributed by atoms with Gasteiger partial charge in [0.2, 0.25) is 0 Å². The zero-order chi connectivity index (χ0) is 22.1. The number of fused-ring (bicyclic) bond motifs is 2. The van der Waals surface area contributed by atoms with E-state index in [-0.39, 0.29) is 11.3 Å². The van der Waals surface area contributed by atoms with E-state index < -0.39 is 12.1 Å². The Morgan fingerprint density at radius 3 is 2.84 bits per heavy atom. The monoisotopic (exact) mass is 433 g/mol. The molecule has 0 saturated carbocycles. The Morgan fingerprint density at radius 2 is 2.00 bits per heavy atom. The van der Waals surface area contributed by atoms with E-state index in [1.165, 1.54) is 10.5 Å². The van der Waals surface area contributed by atoms with Crippen molar-refractivity contribution in [2.24, 2.45) is 0 Å². The van der Waals surface area contributed by atoms with Crippen molar-refractivity contribution in [1.82, 2.24) is 24.6 Å². The third-order valence-corrected chi connectivity index (χ3v) is 5.91. The van der Waals surface area contributed by atoms with Crippen LogP contribution in [0.15, 0.2) is 59.5 Å². The van der Waals surface area contributed by atoms with Crippen LogP contribution >= 0.6 is 0 Å². The number of hydrogen-bond donors (Lipinski definition) is 2. The van der Waals surface area contributed by atoms with E-state index in [1.807, 2.05) is 18.2 Å². The molecule has 0 bridgehead atoms. The molecule has 4 heterocycles. The zero-order valence-electron chi connectivity index (χ0n) is 17.6. The molecule has 0 spiro atoms. The van der Waals surface area contributed by atoms with Gasteiger partial charge in [-0.05, 0) is 48.1 Å². The maximum absolute atomic E-state index is 13.3. The minimum Gasteiger partial charge on any atom is -0.357 e. The molecule has 32 heavy (non-hydrogen) atoms. The van der Waals surface area contributed by atoms with Crippen LogP contribution in [0, 0.1) is 0 Å². The highest BCUT2D eigenvalue weighted by Crippen LogP contribution is 2.20. The summed E-state index contributed by atoms with van der Waals surface area (Å²) >= 11 is 0. The number of nitrogens with zero attached hydrogens (tertiary/aromatic N) is 3. The molecular formula is C24H24FN5O2. The number of benzene rings is 1. The Hall–Kier alpha value is -3.52. The number of carbonyl (C=O) groups is 1. The first kappa shape index (κ1) is 20.4. The van der Waals surface area contributed by atoms with Crippen LogP contribution in [-0.4, -0.2) is 44.4 Å². The maximum Gasteiger partial charge on any atom is 0.270 e. The van der Waals surface area contributed by atoms with Crippen molar-refractivity contribution in [3.05, 3.63) is 82.0 Å². The van der Waals surface area contributed by atoms with Gasteiger partial charge in [-0.2, -0.15) is 0 Å². The molecule has 0 unspecified atom stereocenters. The first-order valence-electron chi connectivity index (χ1n) is 10.8. The molecule has 1 saturated heterocycles. The van der Waals surface area contributed by atoms with E-state index in [0.717, 1.165) is 41.8 Å². The van der Waals surface area contributed by atoms with Crippen molar-refractivity contribution >= 4 is 22.5 Å². The molecule has 164 valence electrons. The molecule has 4 aromatic rings. The lowest BCUT2D eigenvalue weighted by Gasteiger charge is -2.27. The molecule has 0 radical (unpaired) electrons. The fourth-order valence-corrected chi connectivity index (χ4v) is 4.17. The molecule has 3 aromatic heterocycles. The lowest BCUT2D eigenvalue weighted by Crippen LogP contribution is -2.33. The van der Waals surface area contributed by atoms with Gasteiger partial charge in [0.25, 0.3) is 11.5 Å². The highest BCUT2D eigenvalue weighted by molar-refractivity contribution is 5.92. The second-order valence-corrected chi connectivity index (χ2v) is 8.26. The normalized spacial score (nSPS) is 15.4. The third kappa shape index (κ3) is 4.27. The molecular weight excluding hydrogens is 409 g/mol. The molecule has 0 atom stereocenters. The molecule has 7 nitrogen and oxygen atoms in total. The van der Waals surface area contributed by atoms with Crippen LogP contribution in [0.5, 0.6) is 0 Å². The number of alkyl halides is 1. The van der Waals surface area contributed by atoms with Gasteiger partial charge >= 0.3 is 0 Å². The summed E-state index contributed by atoms with van der Waals surface area (Å²) in [6, 6.07) is 14.6. The average molecular weight is 433 g/mol. The van der Waals surface area contributed by atoms with E-state index >= 15 is 0 Å². The van der Waals surface area contributed by atoms with Crippen LogP contribution in [0.3, 0.4) is 0 Å². The Morgan fingerprint density at radius 1 is 1.16 bits per heavy atom. The molecule has 2 N–H and O–H groups in total. The smallest absolute Gasteiger partial charge is 0.270 e. The van der Waals surface area contributed by atoms with Crippen LogP contribution < -0.4 is 10.9 Å². The number of likely N-dealkylation sites (tertiary alicyclic amines) is 1. The Kier molecular flexibility index (Phi) is 5.45. The quantitative estimate of drug-likeness (QED) is 0.507. The van der Waals surface area contributed by atoms with Gasteiger partial charge in [-0.25, -0.2) is 9.37 Å². The SMILES string of the molecule is O=C(NCc1ccc2cc(CN3CCC(F)CC3)[nH]c2c1)c1cc(=O)n2ccccc2n1. The molecule has 1 aliphatic heterocycles. The van der Waals surface area contributed by atoms with Crippen LogP contribution in [0.25, 0.3) is 16.6 Å². The van der Waals surface area contributed by atoms with Gasteiger partial charge < -0.3 is 10.3 Å². The minimum absolute atomic E-state index is 0.0986. The second-order valence-electron chi connectivity index (χ2n) is 8.26. The van der Waals surface area contributed by atoms with E-state index in [0.29, 0.717) is 25.0 Å². The number of halogens is 1. The van der Waals surface area contributed by atoms with E-state index in [1.54, 1.807) is 24.4 Å². The fourth-order valence-electron chi connectivity index (χ4n) is 4.17. The van der Waals surface area contributed by atoms with Crippen LogP contribution in [-0.2, 0) is 13.1 Å². The number of hydrogen-bond acceptors (Lipinski definition) is 4. The number of nitrogens with one attached hydrogen (secondary N) is 2. The number of carbonyl (C=O) groups excluding carboxylic acids is 1. The highest BCUT2D eigenvalue weighted by atomic mass is 19.1. The molecule has 1 aliphatic rings. The van der Waals surface area contributed by atoms with E-state index in [9.17, 15) is 14.0 Å². The van der Waals surface area contributed by atoms with Crippen LogP contribution in [0.4, 0.5) is 4.39 Å². The van der Waals surface area contributed by atoms with E-state index in [2.05, 4.69) is 26.3 Å². The lowest BCUT2D eigenvalue weighted by atomic mass is 10.1. The minimum atomic E-state index is -0.671. The number of rotatable bonds is 5. The van der Waals surface area contributed by atoms with Crippen molar-refractivity contribution in [3.63, 3.8) is 0 Å². The summed E-state index contributed by atoms with van der Waals surface area (Å²) in [4.78, 5) is 34.7. The molecule has 1 fully saturated rings. The van der Waals surface area contributed by atoms with Crippen molar-refractivity contribution in [2.45, 2.75) is 32.1 Å². The number of pyridine rings is 1. The Bertz CT molecular complexity index is 1340. The van der Waals surface area contributed by atoms with Crippen LogP contribution in [0.1, 0.15) is 34.6 Å². The summed E-state index contributed by atoms with van der Waals surface area (Å²) in [6.07, 6.45) is 2.15. The first-order valence-corrected chi connectivity index (χ1v) is 10.8. The summed E-state index contributed by atoms with van der Waals surface area (Å²) < 4.78 is 14.7. The van der Waals surface area contributed by atoms with Crippen molar-refractivity contribution in [2.75, 3.05) is 13.1 Å². The Balaban J connectivity index is 1.26. The summed E-state index contributed by atoms with van der Waals surface area (Å²) in [5.74, 6) is -0.392. The standard InChI is InChI=1S/C24H24FN5O2/c25-18-6-9-29(10-7-18)15-19-12-17-5-4-16(11-20(17)27-19)14-26-24(32)21-13-23(31)30-8-2-1-3-22(30)28-21/h1-5,8,11-13,18,27H,6-7,9-10,14-15H2,(H,26,32). The summed E-state index contributed by atoms with van der Waals surface area (Å²) in [5, 5.41) is 3.94. The van der Waals surface area contributed by atoms with Gasteiger partial charge in [-0.15, -0.1) is 0 Å². The number of H-pyrrole nitrogens is 1. The topological polar surface area (TPSA) is 82.5 Å². The van der Waals surface area contributed by atoms with Crippen molar-refractivity contribution in [1.29, 1.82) is 0 Å². The Labute approximate surface area is 183 Å². The lowest BCUT2D eigenvalue weighted by molar-refractivity contribution is 0.0946. The maximum atomic E-state index is 13.3. The van der Waals surface area contributed by atoms with E-state index in [4.69, 9.17) is 0 Å². The summed E-state index contributed by atoms with van der Waals surface area (Å²) in [6.45, 7) is 2.65. The van der Waals surface area contributed by atoms with Gasteiger partial charge in [0.05, 0.1) is 0 Å². The average Bonchev–Trinajstić information content (AvgIpc) is 3.20. The number of piperidine rings is 1. The second kappa shape index (κ2) is 8.55. The van der Waals surface area contributed by atoms with Gasteiger partial charge in [0, 0.05) is 49.7 Å². The number of aromatic nitrogens is 3. The number of aromatic amines is 1. The van der Waals surface area contributed by atoms with Crippen molar-refractivity contribution in [3.8, 4) is 0 Å². The molecule has 8 heteroatoms. The van der Waals surface area contributed by atoms with Gasteiger partial charge in [0.1, 0.15) is 17.5 Å². The number of amides is 1. The molecule has 5 rings (SSSR count). The van der Waals surface area contributed by atoms with Gasteiger partial charge in [-0.3, -0.25) is 18.9 Å². The predicted molar refractivity (Wildman–Crippen MR) is 120 cm³/mol.